The molecular formula is C32H54O9. The van der Waals surface area contributed by atoms with Crippen LogP contribution in [0.25, 0.3) is 0 Å². The highest BCUT2D eigenvalue weighted by Gasteiger charge is 2.50. The molecule has 10 atom stereocenters. The predicted octanol–water partition coefficient (Wildman–Crippen LogP) is 4.28. The molecule has 1 fully saturated rings. The topological polar surface area (TPSA) is 135 Å². The molecule has 1 aliphatic rings. The van der Waals surface area contributed by atoms with E-state index in [1.807, 2.05) is 45.1 Å². The van der Waals surface area contributed by atoms with Crippen LogP contribution in [0.15, 0.2) is 36.0 Å². The van der Waals surface area contributed by atoms with Crippen LogP contribution in [0.4, 0.5) is 0 Å². The van der Waals surface area contributed by atoms with Crippen LogP contribution < -0.4 is 0 Å². The van der Waals surface area contributed by atoms with Crippen LogP contribution in [-0.2, 0) is 28.5 Å². The van der Waals surface area contributed by atoms with Gasteiger partial charge in [0.15, 0.2) is 0 Å². The fourth-order valence-corrected chi connectivity index (χ4v) is 5.07. The minimum atomic E-state index is -1.44. The van der Waals surface area contributed by atoms with Gasteiger partial charge in [0, 0.05) is 25.9 Å². The van der Waals surface area contributed by atoms with Gasteiger partial charge in [-0.2, -0.15) is 0 Å². The summed E-state index contributed by atoms with van der Waals surface area (Å²) >= 11 is 0. The Balaban J connectivity index is 2.68. The average molecular weight is 583 g/mol. The van der Waals surface area contributed by atoms with Crippen molar-refractivity contribution in [2.24, 2.45) is 17.8 Å². The first-order valence-electron chi connectivity index (χ1n) is 14.7. The van der Waals surface area contributed by atoms with Crippen molar-refractivity contribution in [2.45, 2.75) is 123 Å². The number of epoxide rings is 1. The molecular weight excluding hydrogens is 528 g/mol. The van der Waals surface area contributed by atoms with Gasteiger partial charge in [-0.15, -0.1) is 0 Å². The smallest absolute Gasteiger partial charge is 0.308 e. The predicted molar refractivity (Wildman–Crippen MR) is 158 cm³/mol. The van der Waals surface area contributed by atoms with E-state index in [4.69, 9.17) is 14.2 Å². The second kappa shape index (κ2) is 17.8. The molecule has 9 nitrogen and oxygen atoms in total. The molecule has 1 rings (SSSR count). The molecule has 0 aliphatic carbocycles. The number of rotatable bonds is 19. The van der Waals surface area contributed by atoms with Crippen LogP contribution in [0, 0.1) is 17.8 Å². The van der Waals surface area contributed by atoms with Crippen molar-refractivity contribution in [3.8, 4) is 0 Å². The minimum absolute atomic E-state index is 0.0113. The second-order valence-electron chi connectivity index (χ2n) is 11.8. The van der Waals surface area contributed by atoms with Crippen molar-refractivity contribution in [1.82, 2.24) is 0 Å². The van der Waals surface area contributed by atoms with Gasteiger partial charge in [0.2, 0.25) is 0 Å². The highest BCUT2D eigenvalue weighted by atomic mass is 16.6. The number of methoxy groups -OCH3 is 2. The van der Waals surface area contributed by atoms with E-state index in [0.717, 1.165) is 18.4 Å². The molecule has 41 heavy (non-hydrogen) atoms. The van der Waals surface area contributed by atoms with E-state index in [1.165, 1.54) is 14.0 Å². The van der Waals surface area contributed by atoms with Crippen molar-refractivity contribution in [1.29, 1.82) is 0 Å². The van der Waals surface area contributed by atoms with Gasteiger partial charge < -0.3 is 34.3 Å². The van der Waals surface area contributed by atoms with Crippen LogP contribution in [0.2, 0.25) is 0 Å². The zero-order valence-corrected chi connectivity index (χ0v) is 26.4. The quantitative estimate of drug-likeness (QED) is 0.0882. The van der Waals surface area contributed by atoms with Gasteiger partial charge >= 0.3 is 11.9 Å². The SMILES string of the molecule is CC[C@H](OC)[C@@H](C)[C@H]1O[C@@H]1[C@@H](O)[C@H](C)/C=C/C=C(\C)C[C@@H](C)/C=C/[C@H](OC(C)=O)[C@](C)(O)CC[C@@H](O)CC(=O)OC. The summed E-state index contributed by atoms with van der Waals surface area (Å²) in [6.07, 6.45) is 8.75. The van der Waals surface area contributed by atoms with Gasteiger partial charge in [-0.05, 0) is 51.5 Å². The third kappa shape index (κ3) is 13.2. The molecule has 0 spiro atoms. The van der Waals surface area contributed by atoms with Crippen molar-refractivity contribution >= 4 is 11.9 Å². The molecule has 3 N–H and O–H groups in total. The third-order valence-corrected chi connectivity index (χ3v) is 7.82. The first-order chi connectivity index (χ1) is 19.2. The number of ether oxygens (including phenoxy) is 4. The molecule has 1 saturated heterocycles. The first-order valence-corrected chi connectivity index (χ1v) is 14.7. The Hall–Kier alpha value is -2.04. The highest BCUT2D eigenvalue weighted by Crippen LogP contribution is 2.37. The fraction of sp³-hybridized carbons (Fsp3) is 0.750. The highest BCUT2D eigenvalue weighted by molar-refractivity contribution is 5.69. The number of esters is 2. The molecule has 0 unspecified atom stereocenters. The largest absolute Gasteiger partial charge is 0.469 e. The summed E-state index contributed by atoms with van der Waals surface area (Å²) in [6, 6.07) is 0. The summed E-state index contributed by atoms with van der Waals surface area (Å²) in [7, 11) is 2.96. The molecule has 0 saturated carbocycles. The van der Waals surface area contributed by atoms with Gasteiger partial charge in [0.1, 0.15) is 17.8 Å². The summed E-state index contributed by atoms with van der Waals surface area (Å²) in [5, 5.41) is 31.8. The Kier molecular flexibility index (Phi) is 16.1. The van der Waals surface area contributed by atoms with E-state index in [9.17, 15) is 24.9 Å². The monoisotopic (exact) mass is 582 g/mol. The Bertz CT molecular complexity index is 890. The number of aliphatic hydroxyl groups excluding tert-OH is 2. The summed E-state index contributed by atoms with van der Waals surface area (Å²) in [5.41, 5.74) is -0.311. The Morgan fingerprint density at radius 2 is 1.68 bits per heavy atom. The molecule has 236 valence electrons. The van der Waals surface area contributed by atoms with Crippen molar-refractivity contribution in [2.75, 3.05) is 14.2 Å². The normalized spacial score (nSPS) is 24.2. The Morgan fingerprint density at radius 3 is 2.24 bits per heavy atom. The number of carbonyl (C=O) groups is 2. The summed E-state index contributed by atoms with van der Waals surface area (Å²) in [4.78, 5) is 23.1. The molecule has 0 aromatic rings. The van der Waals surface area contributed by atoms with E-state index in [0.29, 0.717) is 0 Å². The second-order valence-corrected chi connectivity index (χ2v) is 11.8. The average Bonchev–Trinajstić information content (AvgIpc) is 3.70. The molecule has 0 aromatic carbocycles. The van der Waals surface area contributed by atoms with Gasteiger partial charge in [-0.1, -0.05) is 57.6 Å². The lowest BCUT2D eigenvalue weighted by atomic mass is 9.89. The summed E-state index contributed by atoms with van der Waals surface area (Å²) < 4.78 is 21.3. The van der Waals surface area contributed by atoms with Gasteiger partial charge in [0.05, 0.1) is 37.9 Å². The molecule has 9 heteroatoms. The van der Waals surface area contributed by atoms with Crippen LogP contribution in [0.5, 0.6) is 0 Å². The zero-order valence-electron chi connectivity index (χ0n) is 26.4. The fourth-order valence-electron chi connectivity index (χ4n) is 5.07. The van der Waals surface area contributed by atoms with E-state index in [2.05, 4.69) is 18.6 Å². The maximum Gasteiger partial charge on any atom is 0.308 e. The van der Waals surface area contributed by atoms with Crippen LogP contribution in [-0.4, -0.2) is 83.7 Å². The van der Waals surface area contributed by atoms with Crippen molar-refractivity contribution in [3.05, 3.63) is 36.0 Å². The van der Waals surface area contributed by atoms with Gasteiger partial charge in [0.25, 0.3) is 0 Å². The number of hydrogen-bond donors (Lipinski definition) is 3. The van der Waals surface area contributed by atoms with E-state index >= 15 is 0 Å². The molecule has 0 amide bonds. The lowest BCUT2D eigenvalue weighted by Gasteiger charge is -2.31. The summed E-state index contributed by atoms with van der Waals surface area (Å²) in [6.45, 7) is 13.0. The van der Waals surface area contributed by atoms with E-state index in [1.54, 1.807) is 20.1 Å². The number of carbonyl (C=O) groups excluding carboxylic acids is 2. The van der Waals surface area contributed by atoms with Crippen LogP contribution >= 0.6 is 0 Å². The Morgan fingerprint density at radius 1 is 1.02 bits per heavy atom. The zero-order chi connectivity index (χ0) is 31.3. The van der Waals surface area contributed by atoms with Gasteiger partial charge in [-0.25, -0.2) is 0 Å². The molecule has 0 radical (unpaired) electrons. The first kappa shape index (κ1) is 37.0. The maximum absolute atomic E-state index is 11.7. The van der Waals surface area contributed by atoms with Crippen molar-refractivity contribution in [3.63, 3.8) is 0 Å². The van der Waals surface area contributed by atoms with Crippen LogP contribution in [0.3, 0.4) is 0 Å². The van der Waals surface area contributed by atoms with E-state index in [-0.39, 0.29) is 55.3 Å². The number of hydrogen-bond acceptors (Lipinski definition) is 9. The van der Waals surface area contributed by atoms with E-state index < -0.39 is 35.9 Å². The maximum atomic E-state index is 11.7. The van der Waals surface area contributed by atoms with Crippen molar-refractivity contribution < 1.29 is 43.9 Å². The molecule has 0 aromatic heterocycles. The molecule has 1 heterocycles. The minimum Gasteiger partial charge on any atom is -0.469 e. The third-order valence-electron chi connectivity index (χ3n) is 7.82. The van der Waals surface area contributed by atoms with Gasteiger partial charge in [-0.3, -0.25) is 9.59 Å². The molecule has 1 aliphatic heterocycles. The lowest BCUT2D eigenvalue weighted by molar-refractivity contribution is -0.156. The standard InChI is InChI=1S/C32H54O9/c1-10-26(38-8)23(5)30-31(41-30)29(36)22(4)13-11-12-20(2)18-21(3)14-15-27(40-24(6)33)32(7,37)17-16-25(34)19-28(35)39-9/h11-15,21-23,25-27,29-31,34,36-37H,10,16-19H2,1-9H3/b13-11+,15-14+,20-12+/t21-,22+,23+,25+,26-,27-,29-,30+,31+,32+/m0/s1. The lowest BCUT2D eigenvalue weighted by Crippen LogP contribution is -2.41. The Labute approximate surface area is 246 Å². The number of allylic oxidation sites excluding steroid dienone is 4. The van der Waals surface area contributed by atoms with Crippen LogP contribution in [0.1, 0.15) is 80.6 Å². The molecule has 0 bridgehead atoms. The summed E-state index contributed by atoms with van der Waals surface area (Å²) in [5.74, 6) is -0.814. The number of aliphatic hydroxyl groups is 3.